The molecule has 164 valence electrons. The van der Waals surface area contributed by atoms with Crippen molar-refractivity contribution in [2.24, 2.45) is 0 Å². The van der Waals surface area contributed by atoms with Crippen LogP contribution in [0.1, 0.15) is 59.9 Å². The molecule has 5 rings (SSSR count). The number of nitrogens with zero attached hydrogens (tertiary/aromatic N) is 2. The van der Waals surface area contributed by atoms with Crippen LogP contribution in [-0.2, 0) is 0 Å². The number of anilines is 2. The summed E-state index contributed by atoms with van der Waals surface area (Å²) in [6.07, 6.45) is 0. The summed E-state index contributed by atoms with van der Waals surface area (Å²) in [5, 5.41) is 1.29. The normalized spacial score (nSPS) is 13.0. The highest BCUT2D eigenvalue weighted by Gasteiger charge is 2.39. The van der Waals surface area contributed by atoms with Crippen LogP contribution in [0.2, 0.25) is 0 Å². The van der Waals surface area contributed by atoms with Crippen molar-refractivity contribution in [2.75, 3.05) is 36.0 Å². The van der Waals surface area contributed by atoms with E-state index in [1.807, 2.05) is 36.4 Å². The lowest BCUT2D eigenvalue weighted by Crippen LogP contribution is -2.21. The summed E-state index contributed by atoms with van der Waals surface area (Å²) in [5.74, 6) is -0.400. The molecule has 0 aliphatic heterocycles. The maximum absolute atomic E-state index is 13.4. The van der Waals surface area contributed by atoms with Crippen LogP contribution in [-0.4, -0.2) is 37.7 Å². The van der Waals surface area contributed by atoms with Crippen molar-refractivity contribution in [3.63, 3.8) is 0 Å². The van der Waals surface area contributed by atoms with Crippen molar-refractivity contribution >= 4 is 44.9 Å². The fourth-order valence-corrected chi connectivity index (χ4v) is 4.74. The van der Waals surface area contributed by atoms with Crippen LogP contribution in [0.4, 0.5) is 11.4 Å². The Hall–Kier alpha value is -3.54. The lowest BCUT2D eigenvalue weighted by atomic mass is 9.90. The molecule has 32 heavy (non-hydrogen) atoms. The number of carbonyl (C=O) groups excluding carboxylic acids is 2. The molecule has 6 nitrogen and oxygen atoms in total. The first-order chi connectivity index (χ1) is 15.5. The maximum Gasteiger partial charge on any atom is 0.233 e. The molecule has 0 N–H and O–H groups in total. The molecule has 0 atom stereocenters. The number of rotatable bonds is 6. The molecule has 0 fully saturated rings. The van der Waals surface area contributed by atoms with E-state index in [1.54, 1.807) is 0 Å². The Morgan fingerprint density at radius 2 is 1.00 bits per heavy atom. The first-order valence-electron chi connectivity index (χ1n) is 11.2. The Bertz CT molecular complexity index is 1260. The van der Waals surface area contributed by atoms with Crippen molar-refractivity contribution < 1.29 is 18.4 Å². The molecule has 0 radical (unpaired) electrons. The van der Waals surface area contributed by atoms with Gasteiger partial charge in [0.05, 0.1) is 11.1 Å². The molecule has 2 aromatic heterocycles. The second kappa shape index (κ2) is 7.55. The monoisotopic (exact) mass is 430 g/mol. The van der Waals surface area contributed by atoms with Gasteiger partial charge < -0.3 is 18.6 Å². The zero-order chi connectivity index (χ0) is 22.6. The van der Waals surface area contributed by atoms with E-state index >= 15 is 0 Å². The third kappa shape index (κ3) is 2.79. The zero-order valence-corrected chi connectivity index (χ0v) is 18.8. The highest BCUT2D eigenvalue weighted by molar-refractivity contribution is 6.33. The molecule has 2 aromatic carbocycles. The molecule has 2 heterocycles. The second-order valence-electron chi connectivity index (χ2n) is 7.98. The third-order valence-electron chi connectivity index (χ3n) is 6.47. The molecule has 0 spiro atoms. The molecule has 1 aliphatic carbocycles. The molecule has 0 bridgehead atoms. The average molecular weight is 431 g/mol. The molecule has 6 heteroatoms. The summed E-state index contributed by atoms with van der Waals surface area (Å²) in [6, 6.07) is 11.5. The summed E-state index contributed by atoms with van der Waals surface area (Å²) in [5.41, 5.74) is 3.68. The van der Waals surface area contributed by atoms with Crippen LogP contribution in [0.25, 0.3) is 21.9 Å². The van der Waals surface area contributed by atoms with E-state index in [0.29, 0.717) is 33.1 Å². The van der Waals surface area contributed by atoms with Gasteiger partial charge in [-0.2, -0.15) is 0 Å². The van der Waals surface area contributed by atoms with Gasteiger partial charge in [-0.1, -0.05) is 0 Å². The second-order valence-corrected chi connectivity index (χ2v) is 7.98. The van der Waals surface area contributed by atoms with Crippen LogP contribution in [0, 0.1) is 0 Å². The number of furan rings is 2. The Labute approximate surface area is 186 Å². The predicted molar refractivity (Wildman–Crippen MR) is 126 cm³/mol. The molecule has 0 saturated carbocycles. The van der Waals surface area contributed by atoms with Gasteiger partial charge in [-0.15, -0.1) is 0 Å². The van der Waals surface area contributed by atoms with E-state index in [1.165, 1.54) is 0 Å². The van der Waals surface area contributed by atoms with Gasteiger partial charge in [0.15, 0.2) is 11.5 Å². The van der Waals surface area contributed by atoms with Crippen LogP contribution in [0.3, 0.4) is 0 Å². The summed E-state index contributed by atoms with van der Waals surface area (Å²) in [7, 11) is 0. The van der Waals surface area contributed by atoms with E-state index in [2.05, 4.69) is 37.5 Å². The van der Waals surface area contributed by atoms with E-state index in [4.69, 9.17) is 8.83 Å². The standard InChI is InChI=1S/C26H26N2O4/c1-5-27(6-2)15-9-11-17-19(13-15)31-25-21(17)23(29)26-22(24(25)30)18-12-10-16(14-20(18)32-26)28(7-3)8-4/h9-14H,5-8H2,1-4H3. The SMILES string of the molecule is CCN(CC)c1ccc2c3c(oc2c1)C(=O)c1c(oc2cc(N(CC)CC)ccc12)C3=O. The van der Waals surface area contributed by atoms with Crippen LogP contribution < -0.4 is 9.80 Å². The Morgan fingerprint density at radius 3 is 1.34 bits per heavy atom. The van der Waals surface area contributed by atoms with Gasteiger partial charge in [0, 0.05) is 60.5 Å². The summed E-state index contributed by atoms with van der Waals surface area (Å²) in [6.45, 7) is 11.8. The van der Waals surface area contributed by atoms with Crippen molar-refractivity contribution in [3.05, 3.63) is 59.0 Å². The Kier molecular flexibility index (Phi) is 4.81. The third-order valence-corrected chi connectivity index (χ3v) is 6.47. The van der Waals surface area contributed by atoms with Crippen LogP contribution in [0.5, 0.6) is 0 Å². The average Bonchev–Trinajstić information content (AvgIpc) is 3.38. The number of hydrogen-bond donors (Lipinski definition) is 0. The van der Waals surface area contributed by atoms with E-state index in [0.717, 1.165) is 37.6 Å². The lowest BCUT2D eigenvalue weighted by molar-refractivity contribution is 0.0947. The Balaban J connectivity index is 1.65. The smallest absolute Gasteiger partial charge is 0.233 e. The van der Waals surface area contributed by atoms with Gasteiger partial charge in [0.25, 0.3) is 0 Å². The van der Waals surface area contributed by atoms with Crippen molar-refractivity contribution in [3.8, 4) is 0 Å². The molecular weight excluding hydrogens is 404 g/mol. The van der Waals surface area contributed by atoms with Crippen LogP contribution >= 0.6 is 0 Å². The van der Waals surface area contributed by atoms with Gasteiger partial charge in [-0.3, -0.25) is 9.59 Å². The fraction of sp³-hybridized carbons (Fsp3) is 0.308. The first-order valence-corrected chi connectivity index (χ1v) is 11.2. The largest absolute Gasteiger partial charge is 0.452 e. The summed E-state index contributed by atoms with van der Waals surface area (Å²) >= 11 is 0. The van der Waals surface area contributed by atoms with Gasteiger partial charge in [0.2, 0.25) is 11.6 Å². The number of hydrogen-bond acceptors (Lipinski definition) is 6. The minimum Gasteiger partial charge on any atom is -0.452 e. The first kappa shape index (κ1) is 20.4. The van der Waals surface area contributed by atoms with Gasteiger partial charge >= 0.3 is 0 Å². The topological polar surface area (TPSA) is 66.9 Å². The van der Waals surface area contributed by atoms with Gasteiger partial charge in [-0.25, -0.2) is 0 Å². The summed E-state index contributed by atoms with van der Waals surface area (Å²) < 4.78 is 12.0. The molecule has 0 unspecified atom stereocenters. The van der Waals surface area contributed by atoms with E-state index < -0.39 is 0 Å². The molecule has 4 aromatic rings. The maximum atomic E-state index is 13.4. The molecule has 0 amide bonds. The minimum absolute atomic E-state index is 0.102. The van der Waals surface area contributed by atoms with Crippen molar-refractivity contribution in [1.82, 2.24) is 0 Å². The molecule has 0 saturated heterocycles. The predicted octanol–water partition coefficient (Wildman–Crippen LogP) is 5.65. The zero-order valence-electron chi connectivity index (χ0n) is 18.8. The van der Waals surface area contributed by atoms with Gasteiger partial charge in [0.1, 0.15) is 11.2 Å². The van der Waals surface area contributed by atoms with Gasteiger partial charge in [-0.05, 0) is 52.0 Å². The number of benzene rings is 2. The van der Waals surface area contributed by atoms with Crippen LogP contribution in [0.15, 0.2) is 45.2 Å². The Morgan fingerprint density at radius 1 is 0.625 bits per heavy atom. The van der Waals surface area contributed by atoms with E-state index in [9.17, 15) is 9.59 Å². The fourth-order valence-electron chi connectivity index (χ4n) is 4.74. The highest BCUT2D eigenvalue weighted by Crippen LogP contribution is 2.40. The molecular formula is C26H26N2O4. The summed E-state index contributed by atoms with van der Waals surface area (Å²) in [4.78, 5) is 31.2. The van der Waals surface area contributed by atoms with Crippen molar-refractivity contribution in [2.45, 2.75) is 27.7 Å². The van der Waals surface area contributed by atoms with E-state index in [-0.39, 0.29) is 23.1 Å². The number of fused-ring (bicyclic) bond motifs is 6. The quantitative estimate of drug-likeness (QED) is 0.347. The number of carbonyl (C=O) groups is 2. The lowest BCUT2D eigenvalue weighted by Gasteiger charge is -2.20. The molecule has 1 aliphatic rings. The highest BCUT2D eigenvalue weighted by atomic mass is 16.4. The minimum atomic E-state index is -0.301. The number of ketones is 2. The van der Waals surface area contributed by atoms with Crippen molar-refractivity contribution in [1.29, 1.82) is 0 Å².